The van der Waals surface area contributed by atoms with Gasteiger partial charge in [-0.15, -0.1) is 0 Å². The summed E-state index contributed by atoms with van der Waals surface area (Å²) < 4.78 is 0. The molecule has 2 amide bonds. The summed E-state index contributed by atoms with van der Waals surface area (Å²) >= 11 is 1.01. The highest BCUT2D eigenvalue weighted by molar-refractivity contribution is 8.16. The van der Waals surface area contributed by atoms with E-state index in [9.17, 15) is 9.59 Å². The van der Waals surface area contributed by atoms with Gasteiger partial charge in [0.05, 0.1) is 5.69 Å². The van der Waals surface area contributed by atoms with Crippen molar-refractivity contribution in [3.05, 3.63) is 59.7 Å². The lowest BCUT2D eigenvalue weighted by atomic mass is 10.2. The highest BCUT2D eigenvalue weighted by atomic mass is 32.2. The molecule has 1 N–H and O–H groups in total. The SMILES string of the molecule is Cc1ccc(N[C@H]2SC(=O)N(c3ccccc3C)C2=O)cc1. The summed E-state index contributed by atoms with van der Waals surface area (Å²) in [6.07, 6.45) is 0. The number of rotatable bonds is 3. The molecule has 0 aromatic heterocycles. The van der Waals surface area contributed by atoms with Crippen LogP contribution in [0.2, 0.25) is 0 Å². The molecule has 1 aliphatic heterocycles. The molecule has 3 rings (SSSR count). The number of imide groups is 1. The largest absolute Gasteiger partial charge is 0.365 e. The van der Waals surface area contributed by atoms with Crippen molar-refractivity contribution in [2.24, 2.45) is 0 Å². The summed E-state index contributed by atoms with van der Waals surface area (Å²) in [5, 5.41) is 2.28. The maximum Gasteiger partial charge on any atom is 0.295 e. The van der Waals surface area contributed by atoms with Crippen LogP contribution in [0.4, 0.5) is 16.2 Å². The highest BCUT2D eigenvalue weighted by Gasteiger charge is 2.41. The number of hydrogen-bond donors (Lipinski definition) is 1. The van der Waals surface area contributed by atoms with Gasteiger partial charge in [-0.1, -0.05) is 35.9 Å². The fourth-order valence-corrected chi connectivity index (χ4v) is 3.23. The Hall–Kier alpha value is -2.27. The molecule has 2 aromatic carbocycles. The van der Waals surface area contributed by atoms with E-state index >= 15 is 0 Å². The molecule has 0 unspecified atom stereocenters. The van der Waals surface area contributed by atoms with Crippen molar-refractivity contribution in [3.63, 3.8) is 0 Å². The van der Waals surface area contributed by atoms with E-state index in [4.69, 9.17) is 0 Å². The summed E-state index contributed by atoms with van der Waals surface area (Å²) in [6, 6.07) is 15.1. The lowest BCUT2D eigenvalue weighted by Crippen LogP contribution is -2.34. The molecular weight excluding hydrogens is 296 g/mol. The topological polar surface area (TPSA) is 49.4 Å². The quantitative estimate of drug-likeness (QED) is 0.932. The molecule has 0 saturated carbocycles. The third kappa shape index (κ3) is 2.72. The van der Waals surface area contributed by atoms with E-state index < -0.39 is 5.37 Å². The lowest BCUT2D eigenvalue weighted by Gasteiger charge is -2.16. The van der Waals surface area contributed by atoms with E-state index in [2.05, 4.69) is 5.32 Å². The summed E-state index contributed by atoms with van der Waals surface area (Å²) in [6.45, 7) is 3.89. The first-order valence-electron chi connectivity index (χ1n) is 6.99. The number of hydrogen-bond acceptors (Lipinski definition) is 4. The maximum atomic E-state index is 12.6. The monoisotopic (exact) mass is 312 g/mol. The fraction of sp³-hybridized carbons (Fsp3) is 0.176. The van der Waals surface area contributed by atoms with Crippen molar-refractivity contribution in [2.75, 3.05) is 10.2 Å². The predicted molar refractivity (Wildman–Crippen MR) is 90.2 cm³/mol. The Bertz CT molecular complexity index is 728. The number of aryl methyl sites for hydroxylation is 2. The molecule has 112 valence electrons. The molecule has 0 bridgehead atoms. The van der Waals surface area contributed by atoms with Crippen LogP contribution in [0.15, 0.2) is 48.5 Å². The third-order valence-electron chi connectivity index (χ3n) is 3.55. The van der Waals surface area contributed by atoms with Gasteiger partial charge in [0.25, 0.3) is 11.1 Å². The Kier molecular flexibility index (Phi) is 3.90. The maximum absolute atomic E-state index is 12.6. The molecule has 22 heavy (non-hydrogen) atoms. The van der Waals surface area contributed by atoms with Gasteiger partial charge >= 0.3 is 0 Å². The van der Waals surface area contributed by atoms with Crippen LogP contribution in [-0.2, 0) is 4.79 Å². The van der Waals surface area contributed by atoms with Crippen LogP contribution in [0.5, 0.6) is 0 Å². The molecule has 1 heterocycles. The van der Waals surface area contributed by atoms with Crippen LogP contribution in [-0.4, -0.2) is 16.5 Å². The minimum absolute atomic E-state index is 0.232. The first-order chi connectivity index (χ1) is 10.6. The molecule has 0 radical (unpaired) electrons. The zero-order valence-electron chi connectivity index (χ0n) is 12.4. The number of nitrogens with one attached hydrogen (secondary N) is 1. The van der Waals surface area contributed by atoms with Gasteiger partial charge in [0.1, 0.15) is 0 Å². The van der Waals surface area contributed by atoms with E-state index in [0.717, 1.165) is 28.6 Å². The minimum atomic E-state index is -0.588. The second-order valence-electron chi connectivity index (χ2n) is 5.23. The molecule has 1 saturated heterocycles. The Morgan fingerprint density at radius 2 is 1.68 bits per heavy atom. The molecule has 1 aliphatic rings. The van der Waals surface area contributed by atoms with Gasteiger partial charge < -0.3 is 5.32 Å². The number of anilines is 2. The van der Waals surface area contributed by atoms with Crippen molar-refractivity contribution >= 4 is 34.3 Å². The fourth-order valence-electron chi connectivity index (χ4n) is 2.33. The van der Waals surface area contributed by atoms with Gasteiger partial charge in [-0.25, -0.2) is 4.90 Å². The number of thioether (sulfide) groups is 1. The van der Waals surface area contributed by atoms with E-state index in [1.165, 1.54) is 4.90 Å². The van der Waals surface area contributed by atoms with Crippen LogP contribution in [0.1, 0.15) is 11.1 Å². The molecule has 0 spiro atoms. The van der Waals surface area contributed by atoms with Gasteiger partial charge in [-0.3, -0.25) is 9.59 Å². The van der Waals surface area contributed by atoms with Crippen LogP contribution in [0.3, 0.4) is 0 Å². The standard InChI is InChI=1S/C17H16N2O2S/c1-11-7-9-13(10-8-11)18-15-16(20)19(17(21)22-15)14-6-4-3-5-12(14)2/h3-10,15,18H,1-2H3/t15-/m0/s1. The predicted octanol–water partition coefficient (Wildman–Crippen LogP) is 3.94. The molecular formula is C17H16N2O2S. The number of amides is 2. The number of para-hydroxylation sites is 1. The van der Waals surface area contributed by atoms with E-state index in [0.29, 0.717) is 5.69 Å². The Balaban J connectivity index is 1.82. The number of nitrogens with zero attached hydrogens (tertiary/aromatic N) is 1. The van der Waals surface area contributed by atoms with E-state index in [1.54, 1.807) is 6.07 Å². The van der Waals surface area contributed by atoms with Gasteiger partial charge in [0.2, 0.25) is 0 Å². The van der Waals surface area contributed by atoms with Crippen LogP contribution in [0.25, 0.3) is 0 Å². The van der Waals surface area contributed by atoms with Crippen molar-refractivity contribution in [1.82, 2.24) is 0 Å². The molecule has 5 heteroatoms. The summed E-state index contributed by atoms with van der Waals surface area (Å²) in [5.74, 6) is -0.232. The van der Waals surface area contributed by atoms with E-state index in [-0.39, 0.29) is 11.1 Å². The Morgan fingerprint density at radius 1 is 1.00 bits per heavy atom. The number of benzene rings is 2. The molecule has 1 atom stereocenters. The van der Waals surface area contributed by atoms with Crippen molar-refractivity contribution < 1.29 is 9.59 Å². The zero-order valence-corrected chi connectivity index (χ0v) is 13.2. The highest BCUT2D eigenvalue weighted by Crippen LogP contribution is 2.33. The Labute approximate surface area is 133 Å². The molecule has 4 nitrogen and oxygen atoms in total. The minimum Gasteiger partial charge on any atom is -0.365 e. The van der Waals surface area contributed by atoms with Crippen molar-refractivity contribution in [2.45, 2.75) is 19.2 Å². The molecule has 1 fully saturated rings. The average Bonchev–Trinajstić information content (AvgIpc) is 2.77. The van der Waals surface area contributed by atoms with Gasteiger partial charge in [0.15, 0.2) is 5.37 Å². The van der Waals surface area contributed by atoms with Gasteiger partial charge in [-0.05, 0) is 49.4 Å². The normalized spacial score (nSPS) is 17.9. The summed E-state index contributed by atoms with van der Waals surface area (Å²) in [7, 11) is 0. The Morgan fingerprint density at radius 3 is 2.36 bits per heavy atom. The van der Waals surface area contributed by atoms with Crippen molar-refractivity contribution in [1.29, 1.82) is 0 Å². The average molecular weight is 312 g/mol. The smallest absolute Gasteiger partial charge is 0.295 e. The molecule has 2 aromatic rings. The third-order valence-corrected chi connectivity index (χ3v) is 4.49. The zero-order chi connectivity index (χ0) is 15.7. The lowest BCUT2D eigenvalue weighted by molar-refractivity contribution is -0.116. The second kappa shape index (κ2) is 5.85. The first-order valence-corrected chi connectivity index (χ1v) is 7.87. The second-order valence-corrected chi connectivity index (χ2v) is 6.29. The van der Waals surface area contributed by atoms with Crippen LogP contribution in [0, 0.1) is 13.8 Å². The summed E-state index contributed by atoms with van der Waals surface area (Å²) in [5.41, 5.74) is 3.53. The number of carbonyl (C=O) groups is 2. The van der Waals surface area contributed by atoms with Crippen LogP contribution >= 0.6 is 11.8 Å². The summed E-state index contributed by atoms with van der Waals surface area (Å²) in [4.78, 5) is 26.0. The van der Waals surface area contributed by atoms with Crippen LogP contribution < -0.4 is 10.2 Å². The van der Waals surface area contributed by atoms with Gasteiger partial charge in [-0.2, -0.15) is 0 Å². The number of carbonyl (C=O) groups excluding carboxylic acids is 2. The van der Waals surface area contributed by atoms with Crippen molar-refractivity contribution in [3.8, 4) is 0 Å². The molecule has 0 aliphatic carbocycles. The first kappa shape index (κ1) is 14.7. The van der Waals surface area contributed by atoms with E-state index in [1.807, 2.05) is 56.3 Å². The van der Waals surface area contributed by atoms with Gasteiger partial charge in [0, 0.05) is 5.69 Å².